The number of hydrogen-bond acceptors (Lipinski definition) is 8. The summed E-state index contributed by atoms with van der Waals surface area (Å²) in [5, 5.41) is 5.72. The zero-order chi connectivity index (χ0) is 28.9. The number of carbonyl (C=O) groups excluding carboxylic acids is 2. The van der Waals surface area contributed by atoms with Gasteiger partial charge in [0.2, 0.25) is 11.2 Å². The van der Waals surface area contributed by atoms with Crippen molar-refractivity contribution in [2.24, 2.45) is 0 Å². The van der Waals surface area contributed by atoms with Crippen molar-refractivity contribution in [2.75, 3.05) is 18.5 Å². The Bertz CT molecular complexity index is 1790. The first-order valence-electron chi connectivity index (χ1n) is 12.6. The van der Waals surface area contributed by atoms with Crippen molar-refractivity contribution in [3.63, 3.8) is 0 Å². The third kappa shape index (κ3) is 6.42. The van der Waals surface area contributed by atoms with E-state index in [0.717, 1.165) is 11.1 Å². The number of carbonyl (C=O) groups is 2. The van der Waals surface area contributed by atoms with Crippen LogP contribution in [0.5, 0.6) is 17.2 Å². The smallest absolute Gasteiger partial charge is 0.341 e. The lowest BCUT2D eigenvalue weighted by molar-refractivity contribution is -0.118. The van der Waals surface area contributed by atoms with E-state index in [1.54, 1.807) is 54.8 Å². The van der Waals surface area contributed by atoms with Crippen LogP contribution in [-0.4, -0.2) is 25.1 Å². The fourth-order valence-electron chi connectivity index (χ4n) is 4.07. The van der Waals surface area contributed by atoms with E-state index in [4.69, 9.17) is 30.2 Å². The molecule has 0 atom stereocenters. The van der Waals surface area contributed by atoms with Crippen molar-refractivity contribution in [2.45, 2.75) is 13.8 Å². The average molecular weight is 590 g/mol. The molecule has 2 aromatic heterocycles. The zero-order valence-electron chi connectivity index (χ0n) is 22.1. The molecular formula is C31H24ClNO7S. The second kappa shape index (κ2) is 12.3. The minimum Gasteiger partial charge on any atom is -0.484 e. The van der Waals surface area contributed by atoms with Crippen LogP contribution >= 0.6 is 22.9 Å². The number of nitrogens with one attached hydrogen (secondary N) is 1. The van der Waals surface area contributed by atoms with Crippen LogP contribution in [0.4, 0.5) is 5.00 Å². The van der Waals surface area contributed by atoms with Gasteiger partial charge in [-0.15, -0.1) is 11.3 Å². The van der Waals surface area contributed by atoms with Crippen LogP contribution < -0.4 is 20.2 Å². The van der Waals surface area contributed by atoms with Crippen molar-refractivity contribution >= 4 is 50.8 Å². The monoisotopic (exact) mass is 589 g/mol. The number of benzene rings is 3. The lowest BCUT2D eigenvalue weighted by Crippen LogP contribution is -2.21. The number of rotatable bonds is 9. The number of amides is 1. The topological polar surface area (TPSA) is 104 Å². The lowest BCUT2D eigenvalue weighted by Gasteiger charge is -2.10. The van der Waals surface area contributed by atoms with Gasteiger partial charge in [-0.2, -0.15) is 0 Å². The number of halogens is 1. The Balaban J connectivity index is 1.29. The summed E-state index contributed by atoms with van der Waals surface area (Å²) in [6.07, 6.45) is 1.25. The highest BCUT2D eigenvalue weighted by Crippen LogP contribution is 2.36. The predicted octanol–water partition coefficient (Wildman–Crippen LogP) is 7.47. The fraction of sp³-hybridized carbons (Fsp3) is 0.129. The normalized spacial score (nSPS) is 10.8. The van der Waals surface area contributed by atoms with E-state index < -0.39 is 11.9 Å². The molecule has 1 N–H and O–H groups in total. The summed E-state index contributed by atoms with van der Waals surface area (Å²) >= 11 is 7.21. The van der Waals surface area contributed by atoms with E-state index in [1.807, 2.05) is 25.1 Å². The molecule has 0 spiro atoms. The predicted molar refractivity (Wildman–Crippen MR) is 159 cm³/mol. The van der Waals surface area contributed by atoms with Crippen molar-refractivity contribution in [3.8, 4) is 28.4 Å². The second-order valence-electron chi connectivity index (χ2n) is 8.92. The van der Waals surface area contributed by atoms with Gasteiger partial charge in [0, 0.05) is 22.0 Å². The first-order chi connectivity index (χ1) is 19.8. The third-order valence-electron chi connectivity index (χ3n) is 5.98. The summed E-state index contributed by atoms with van der Waals surface area (Å²) in [7, 11) is 0. The molecule has 0 saturated carbocycles. The molecule has 0 saturated heterocycles. The molecule has 1 amide bonds. The number of esters is 1. The van der Waals surface area contributed by atoms with Gasteiger partial charge in [-0.05, 0) is 61.4 Å². The number of thiophene rings is 1. The van der Waals surface area contributed by atoms with Crippen LogP contribution in [0, 0.1) is 6.92 Å². The molecular weight excluding hydrogens is 566 g/mol. The third-order valence-corrected chi connectivity index (χ3v) is 7.13. The Labute approximate surface area is 244 Å². The van der Waals surface area contributed by atoms with E-state index in [1.165, 1.54) is 23.7 Å². The molecule has 10 heteroatoms. The molecule has 0 aliphatic heterocycles. The molecule has 5 rings (SSSR count). The molecule has 0 aliphatic rings. The summed E-state index contributed by atoms with van der Waals surface area (Å²) in [5.41, 5.74) is 2.57. The van der Waals surface area contributed by atoms with Crippen LogP contribution in [0.2, 0.25) is 5.02 Å². The fourth-order valence-corrected chi connectivity index (χ4v) is 5.17. The van der Waals surface area contributed by atoms with Gasteiger partial charge in [0.15, 0.2) is 6.61 Å². The summed E-state index contributed by atoms with van der Waals surface area (Å²) in [6, 6.07) is 19.0. The molecule has 2 heterocycles. The molecule has 0 unspecified atom stereocenters. The highest BCUT2D eigenvalue weighted by Gasteiger charge is 2.23. The number of ether oxygens (including phenoxy) is 3. The highest BCUT2D eigenvalue weighted by molar-refractivity contribution is 7.15. The Kier molecular flexibility index (Phi) is 8.37. The molecule has 8 nitrogen and oxygen atoms in total. The van der Waals surface area contributed by atoms with Crippen molar-refractivity contribution in [3.05, 3.63) is 105 Å². The van der Waals surface area contributed by atoms with E-state index in [0.29, 0.717) is 32.5 Å². The Morgan fingerprint density at radius 1 is 1.02 bits per heavy atom. The minimum absolute atomic E-state index is 0.0578. The van der Waals surface area contributed by atoms with Gasteiger partial charge in [-0.1, -0.05) is 35.9 Å². The number of anilines is 1. The largest absolute Gasteiger partial charge is 0.484 e. The summed E-state index contributed by atoms with van der Waals surface area (Å²) in [4.78, 5) is 38.5. The Morgan fingerprint density at radius 2 is 1.83 bits per heavy atom. The van der Waals surface area contributed by atoms with Crippen molar-refractivity contribution < 1.29 is 28.2 Å². The van der Waals surface area contributed by atoms with Gasteiger partial charge >= 0.3 is 5.97 Å². The van der Waals surface area contributed by atoms with E-state index in [9.17, 15) is 14.4 Å². The van der Waals surface area contributed by atoms with Gasteiger partial charge in [-0.3, -0.25) is 9.59 Å². The number of hydrogen-bond donors (Lipinski definition) is 1. The molecule has 0 bridgehead atoms. The van der Waals surface area contributed by atoms with Crippen LogP contribution in [-0.2, 0) is 9.53 Å². The van der Waals surface area contributed by atoms with E-state index in [-0.39, 0.29) is 35.5 Å². The first-order valence-corrected chi connectivity index (χ1v) is 13.9. The number of aryl methyl sites for hydroxylation is 1. The molecule has 41 heavy (non-hydrogen) atoms. The second-order valence-corrected chi connectivity index (χ2v) is 10.2. The Morgan fingerprint density at radius 3 is 2.59 bits per heavy atom. The minimum atomic E-state index is -0.551. The van der Waals surface area contributed by atoms with Crippen LogP contribution in [0.3, 0.4) is 0 Å². The van der Waals surface area contributed by atoms with Crippen molar-refractivity contribution in [1.82, 2.24) is 0 Å². The maximum Gasteiger partial charge on any atom is 0.341 e. The SMILES string of the molecule is CCOC(=O)c1c(-c2ccc(Cl)cc2)csc1NC(=O)COc1ccc2c(=O)c(Oc3cccc(C)c3)coc2c1. The first kappa shape index (κ1) is 27.9. The molecule has 3 aromatic carbocycles. The van der Waals surface area contributed by atoms with Gasteiger partial charge in [0.25, 0.3) is 5.91 Å². The van der Waals surface area contributed by atoms with E-state index >= 15 is 0 Å². The molecule has 208 valence electrons. The van der Waals surface area contributed by atoms with E-state index in [2.05, 4.69) is 5.32 Å². The quantitative estimate of drug-likeness (QED) is 0.178. The van der Waals surface area contributed by atoms with Gasteiger partial charge < -0.3 is 23.9 Å². The van der Waals surface area contributed by atoms with Crippen LogP contribution in [0.15, 0.2) is 87.6 Å². The number of fused-ring (bicyclic) bond motifs is 1. The lowest BCUT2D eigenvalue weighted by atomic mass is 10.0. The van der Waals surface area contributed by atoms with Gasteiger partial charge in [0.1, 0.15) is 33.9 Å². The maximum absolute atomic E-state index is 12.9. The summed E-state index contributed by atoms with van der Waals surface area (Å²) < 4.78 is 22.2. The zero-order valence-corrected chi connectivity index (χ0v) is 23.6. The van der Waals surface area contributed by atoms with Crippen LogP contribution in [0.25, 0.3) is 22.1 Å². The van der Waals surface area contributed by atoms with Crippen molar-refractivity contribution in [1.29, 1.82) is 0 Å². The van der Waals surface area contributed by atoms with Gasteiger partial charge in [0.05, 0.1) is 12.0 Å². The highest BCUT2D eigenvalue weighted by atomic mass is 35.5. The standard InChI is InChI=1S/C31H24ClNO7S/c1-3-37-31(36)28-24(19-7-9-20(32)10-8-19)17-41-30(28)33-27(34)16-38-21-11-12-23-25(14-21)39-15-26(29(23)35)40-22-6-4-5-18(2)13-22/h4-15,17H,3,16H2,1-2H3,(H,33,34). The summed E-state index contributed by atoms with van der Waals surface area (Å²) in [5.74, 6) is -0.127. The molecule has 5 aromatic rings. The van der Waals surface area contributed by atoms with Gasteiger partial charge in [-0.25, -0.2) is 4.79 Å². The van der Waals surface area contributed by atoms with Crippen LogP contribution in [0.1, 0.15) is 22.8 Å². The molecule has 0 radical (unpaired) electrons. The average Bonchev–Trinajstić information content (AvgIpc) is 3.37. The molecule has 0 fully saturated rings. The maximum atomic E-state index is 12.9. The summed E-state index contributed by atoms with van der Waals surface area (Å²) in [6.45, 7) is 3.47. The molecule has 0 aliphatic carbocycles. The Hall–Kier alpha value is -4.60.